The highest BCUT2D eigenvalue weighted by Gasteiger charge is 2.33. The average molecular weight is 308 g/mol. The summed E-state index contributed by atoms with van der Waals surface area (Å²) < 4.78 is 5.29. The number of ether oxygens (including phenoxy) is 1. The number of halogens is 1. The number of carbonyl (C=O) groups excluding carboxylic acids is 1. The van der Waals surface area contributed by atoms with Gasteiger partial charge in [0, 0.05) is 18.8 Å². The summed E-state index contributed by atoms with van der Waals surface area (Å²) in [6.45, 7) is 6.72. The zero-order valence-electron chi connectivity index (χ0n) is 12.3. The molecule has 1 heterocycles. The summed E-state index contributed by atoms with van der Waals surface area (Å²) in [6, 6.07) is 7.39. The molecule has 1 saturated heterocycles. The molecule has 1 aromatic rings. The summed E-state index contributed by atoms with van der Waals surface area (Å²) in [4.78, 5) is 13.4. The van der Waals surface area contributed by atoms with Crippen LogP contribution in [0, 0.1) is 11.3 Å². The first-order chi connectivity index (χ1) is 9.78. The van der Waals surface area contributed by atoms with Crippen LogP contribution in [0.4, 0.5) is 10.5 Å². The number of carbonyl (C=O) groups is 1. The summed E-state index contributed by atoms with van der Waals surface area (Å²) >= 11 is 5.98. The minimum Gasteiger partial charge on any atom is -0.444 e. The van der Waals surface area contributed by atoms with E-state index in [-0.39, 0.29) is 12.1 Å². The minimum absolute atomic E-state index is 0.168. The van der Waals surface area contributed by atoms with Gasteiger partial charge in [0.2, 0.25) is 0 Å². The molecule has 5 nitrogen and oxygen atoms in total. The predicted octanol–water partition coefficient (Wildman–Crippen LogP) is 3.24. The Labute approximate surface area is 129 Å². The molecule has 0 atom stereocenters. The van der Waals surface area contributed by atoms with Gasteiger partial charge in [-0.3, -0.25) is 0 Å². The van der Waals surface area contributed by atoms with Crippen LogP contribution in [0.15, 0.2) is 18.2 Å². The van der Waals surface area contributed by atoms with Crippen molar-refractivity contribution < 1.29 is 9.53 Å². The van der Waals surface area contributed by atoms with Gasteiger partial charge < -0.3 is 15.0 Å². The Morgan fingerprint density at radius 1 is 1.48 bits per heavy atom. The summed E-state index contributed by atoms with van der Waals surface area (Å²) in [5.41, 5.74) is 0.815. The van der Waals surface area contributed by atoms with Gasteiger partial charge in [0.15, 0.2) is 0 Å². The van der Waals surface area contributed by atoms with Gasteiger partial charge in [-0.2, -0.15) is 5.26 Å². The third kappa shape index (κ3) is 4.02. The van der Waals surface area contributed by atoms with E-state index in [1.54, 1.807) is 23.1 Å². The van der Waals surface area contributed by atoms with Crippen LogP contribution < -0.4 is 5.32 Å². The van der Waals surface area contributed by atoms with Crippen LogP contribution in [-0.2, 0) is 4.74 Å². The summed E-state index contributed by atoms with van der Waals surface area (Å²) in [5.74, 6) is 0. The molecule has 0 aromatic heterocycles. The second-order valence-corrected chi connectivity index (χ2v) is 6.44. The lowest BCUT2D eigenvalue weighted by atomic mass is 10.1. The predicted molar refractivity (Wildman–Crippen MR) is 81.4 cm³/mol. The molecule has 1 fully saturated rings. The van der Waals surface area contributed by atoms with Crippen molar-refractivity contribution in [2.24, 2.45) is 0 Å². The fourth-order valence-corrected chi connectivity index (χ4v) is 2.20. The molecule has 0 spiro atoms. The lowest BCUT2D eigenvalue weighted by Gasteiger charge is -2.40. The Hall–Kier alpha value is -1.93. The van der Waals surface area contributed by atoms with Gasteiger partial charge in [0.05, 0.1) is 16.6 Å². The summed E-state index contributed by atoms with van der Waals surface area (Å²) in [7, 11) is 0. The van der Waals surface area contributed by atoms with E-state index in [0.29, 0.717) is 23.7 Å². The number of nitrogens with one attached hydrogen (secondary N) is 1. The van der Waals surface area contributed by atoms with Gasteiger partial charge in [-0.15, -0.1) is 0 Å². The van der Waals surface area contributed by atoms with Crippen molar-refractivity contribution in [3.8, 4) is 6.07 Å². The van der Waals surface area contributed by atoms with Crippen molar-refractivity contribution >= 4 is 23.4 Å². The number of nitrogens with zero attached hydrogens (tertiary/aromatic N) is 2. The van der Waals surface area contributed by atoms with E-state index in [0.717, 1.165) is 5.69 Å². The van der Waals surface area contributed by atoms with Gasteiger partial charge in [-0.1, -0.05) is 11.6 Å². The normalized spacial score (nSPS) is 15.1. The molecule has 0 bridgehead atoms. The summed E-state index contributed by atoms with van der Waals surface area (Å²) in [5, 5.41) is 12.5. The van der Waals surface area contributed by atoms with Crippen molar-refractivity contribution in [1.29, 1.82) is 5.26 Å². The molecule has 1 N–H and O–H groups in total. The highest BCUT2D eigenvalue weighted by atomic mass is 35.5. The number of amides is 1. The van der Waals surface area contributed by atoms with Crippen molar-refractivity contribution in [1.82, 2.24) is 4.90 Å². The van der Waals surface area contributed by atoms with Crippen molar-refractivity contribution in [2.45, 2.75) is 32.4 Å². The van der Waals surface area contributed by atoms with Crippen LogP contribution >= 0.6 is 11.6 Å². The molecule has 1 amide bonds. The highest BCUT2D eigenvalue weighted by molar-refractivity contribution is 6.32. The largest absolute Gasteiger partial charge is 0.444 e. The van der Waals surface area contributed by atoms with Crippen LogP contribution in [0.3, 0.4) is 0 Å². The number of hydrogen-bond donors (Lipinski definition) is 1. The maximum Gasteiger partial charge on any atom is 0.410 e. The van der Waals surface area contributed by atoms with Gasteiger partial charge in [0.1, 0.15) is 11.7 Å². The third-order valence-corrected chi connectivity index (χ3v) is 3.31. The van der Waals surface area contributed by atoms with Crippen LogP contribution in [0.1, 0.15) is 26.3 Å². The number of nitriles is 1. The van der Waals surface area contributed by atoms with E-state index in [1.807, 2.05) is 26.8 Å². The molecule has 1 aliphatic heterocycles. The number of likely N-dealkylation sites (tertiary alicyclic amines) is 1. The van der Waals surface area contributed by atoms with E-state index >= 15 is 0 Å². The van der Waals surface area contributed by atoms with Crippen molar-refractivity contribution in [3.63, 3.8) is 0 Å². The topological polar surface area (TPSA) is 65.4 Å². The second-order valence-electron chi connectivity index (χ2n) is 6.03. The van der Waals surface area contributed by atoms with Gasteiger partial charge in [-0.05, 0) is 39.0 Å². The third-order valence-electron chi connectivity index (χ3n) is 2.99. The molecule has 112 valence electrons. The van der Waals surface area contributed by atoms with Crippen LogP contribution in [0.2, 0.25) is 5.02 Å². The average Bonchev–Trinajstić information content (AvgIpc) is 2.31. The smallest absolute Gasteiger partial charge is 0.410 e. The van der Waals surface area contributed by atoms with E-state index in [1.165, 1.54) is 0 Å². The number of benzene rings is 1. The first kappa shape index (κ1) is 15.5. The van der Waals surface area contributed by atoms with Gasteiger partial charge in [0.25, 0.3) is 0 Å². The zero-order valence-corrected chi connectivity index (χ0v) is 13.1. The fraction of sp³-hybridized carbons (Fsp3) is 0.467. The number of hydrogen-bond acceptors (Lipinski definition) is 4. The first-order valence-corrected chi connectivity index (χ1v) is 7.10. The summed E-state index contributed by atoms with van der Waals surface area (Å²) in [6.07, 6.45) is -0.293. The van der Waals surface area contributed by atoms with Crippen LogP contribution in [-0.4, -0.2) is 35.7 Å². The van der Waals surface area contributed by atoms with Crippen LogP contribution in [0.5, 0.6) is 0 Å². The van der Waals surface area contributed by atoms with Crippen LogP contribution in [0.25, 0.3) is 0 Å². The van der Waals surface area contributed by atoms with E-state index in [2.05, 4.69) is 5.32 Å². The van der Waals surface area contributed by atoms with Crippen molar-refractivity contribution in [2.75, 3.05) is 18.4 Å². The SMILES string of the molecule is CC(C)(C)OC(=O)N1CC(Nc2ccc(C#N)c(Cl)c2)C1. The lowest BCUT2D eigenvalue weighted by Crippen LogP contribution is -2.57. The molecule has 21 heavy (non-hydrogen) atoms. The molecule has 0 radical (unpaired) electrons. The Kier molecular flexibility index (Phi) is 4.29. The monoisotopic (exact) mass is 307 g/mol. The Morgan fingerprint density at radius 3 is 2.67 bits per heavy atom. The standard InChI is InChI=1S/C15H18ClN3O2/c1-15(2,3)21-14(20)19-8-12(9-19)18-11-5-4-10(7-17)13(16)6-11/h4-6,12,18H,8-9H2,1-3H3. The molecule has 0 saturated carbocycles. The fourth-order valence-electron chi connectivity index (χ4n) is 1.98. The first-order valence-electron chi connectivity index (χ1n) is 6.72. The van der Waals surface area contributed by atoms with E-state index in [4.69, 9.17) is 21.6 Å². The lowest BCUT2D eigenvalue weighted by molar-refractivity contribution is 0.0105. The Balaban J connectivity index is 1.85. The minimum atomic E-state index is -0.476. The van der Waals surface area contributed by atoms with E-state index < -0.39 is 5.60 Å². The molecular weight excluding hydrogens is 290 g/mol. The molecule has 0 aliphatic carbocycles. The van der Waals surface area contributed by atoms with E-state index in [9.17, 15) is 4.79 Å². The van der Waals surface area contributed by atoms with Crippen molar-refractivity contribution in [3.05, 3.63) is 28.8 Å². The quantitative estimate of drug-likeness (QED) is 0.911. The molecule has 1 aliphatic rings. The molecule has 2 rings (SSSR count). The number of rotatable bonds is 2. The Bertz CT molecular complexity index is 584. The molecule has 1 aromatic carbocycles. The number of anilines is 1. The van der Waals surface area contributed by atoms with Gasteiger partial charge in [-0.25, -0.2) is 4.79 Å². The molecule has 6 heteroatoms. The van der Waals surface area contributed by atoms with Gasteiger partial charge >= 0.3 is 6.09 Å². The second kappa shape index (κ2) is 5.82. The maximum absolute atomic E-state index is 11.8. The maximum atomic E-state index is 11.8. The zero-order chi connectivity index (χ0) is 15.6. The highest BCUT2D eigenvalue weighted by Crippen LogP contribution is 2.23. The Morgan fingerprint density at radius 2 is 2.14 bits per heavy atom. The molecular formula is C15H18ClN3O2. The molecule has 0 unspecified atom stereocenters.